The molecule has 0 aliphatic carbocycles. The minimum Gasteiger partial charge on any atom is -0.369 e. The van der Waals surface area contributed by atoms with Gasteiger partial charge in [-0.3, -0.25) is 9.69 Å². The van der Waals surface area contributed by atoms with Gasteiger partial charge in [0.2, 0.25) is 11.9 Å². The summed E-state index contributed by atoms with van der Waals surface area (Å²) in [7, 11) is 0. The molecule has 7 nitrogen and oxygen atoms in total. The second-order valence-electron chi connectivity index (χ2n) is 5.10. The number of primary amides is 1. The van der Waals surface area contributed by atoms with E-state index < -0.39 is 0 Å². The molecule has 1 aliphatic rings. The number of hydrogen-bond donors (Lipinski definition) is 2. The van der Waals surface area contributed by atoms with E-state index in [9.17, 15) is 4.79 Å². The Kier molecular flexibility index (Phi) is 3.51. The molecule has 3 rings (SSSR count). The van der Waals surface area contributed by atoms with Gasteiger partial charge in [-0.2, -0.15) is 4.98 Å². The van der Waals surface area contributed by atoms with Crippen molar-refractivity contribution in [1.29, 1.82) is 0 Å². The molecule has 3 heterocycles. The van der Waals surface area contributed by atoms with Gasteiger partial charge in [-0.1, -0.05) is 6.07 Å². The first-order chi connectivity index (χ1) is 9.70. The summed E-state index contributed by atoms with van der Waals surface area (Å²) in [6.07, 6.45) is 3.80. The Bertz CT molecular complexity index is 569. The van der Waals surface area contributed by atoms with Gasteiger partial charge >= 0.3 is 0 Å². The molecule has 1 amide bonds. The number of hydrogen-bond acceptors (Lipinski definition) is 5. The highest BCUT2D eigenvalue weighted by atomic mass is 16.1. The summed E-state index contributed by atoms with van der Waals surface area (Å²) in [5.41, 5.74) is 6.04. The van der Waals surface area contributed by atoms with Crippen molar-refractivity contribution in [1.82, 2.24) is 19.5 Å². The quantitative estimate of drug-likeness (QED) is 0.825. The fourth-order valence-electron chi connectivity index (χ4n) is 2.53. The zero-order chi connectivity index (χ0) is 13.9. The van der Waals surface area contributed by atoms with Gasteiger partial charge in [-0.15, -0.1) is 5.10 Å². The zero-order valence-corrected chi connectivity index (χ0v) is 11.2. The van der Waals surface area contributed by atoms with Gasteiger partial charge in [0.1, 0.15) is 0 Å². The van der Waals surface area contributed by atoms with Crippen LogP contribution in [0.4, 0.5) is 5.95 Å². The van der Waals surface area contributed by atoms with Gasteiger partial charge in [-0.25, -0.2) is 4.52 Å². The lowest BCUT2D eigenvalue weighted by Gasteiger charge is -2.31. The Morgan fingerprint density at radius 2 is 2.20 bits per heavy atom. The number of carbonyl (C=O) groups is 1. The second-order valence-corrected chi connectivity index (χ2v) is 5.10. The van der Waals surface area contributed by atoms with Crippen molar-refractivity contribution >= 4 is 17.5 Å². The minimum atomic E-state index is -0.265. The van der Waals surface area contributed by atoms with E-state index in [2.05, 4.69) is 20.3 Å². The molecule has 0 bridgehead atoms. The number of fused-ring (bicyclic) bond motifs is 1. The molecule has 1 aliphatic heterocycles. The summed E-state index contributed by atoms with van der Waals surface area (Å²) >= 11 is 0. The van der Waals surface area contributed by atoms with Crippen molar-refractivity contribution < 1.29 is 4.79 Å². The molecule has 0 aromatic carbocycles. The Hall–Kier alpha value is -2.15. The normalized spacial score (nSPS) is 17.4. The van der Waals surface area contributed by atoms with Crippen LogP contribution in [0.25, 0.3) is 5.65 Å². The number of nitrogens with two attached hydrogens (primary N) is 1. The van der Waals surface area contributed by atoms with Crippen molar-refractivity contribution in [2.24, 2.45) is 5.73 Å². The van der Waals surface area contributed by atoms with Crippen LogP contribution in [0.15, 0.2) is 24.4 Å². The number of aromatic nitrogens is 3. The van der Waals surface area contributed by atoms with E-state index in [-0.39, 0.29) is 5.91 Å². The second kappa shape index (κ2) is 5.46. The summed E-state index contributed by atoms with van der Waals surface area (Å²) in [6, 6.07) is 6.13. The molecule has 0 spiro atoms. The summed E-state index contributed by atoms with van der Waals surface area (Å²) < 4.78 is 1.75. The van der Waals surface area contributed by atoms with Gasteiger partial charge in [0, 0.05) is 25.3 Å². The fourth-order valence-corrected chi connectivity index (χ4v) is 2.53. The molecular weight excluding hydrogens is 256 g/mol. The molecule has 1 saturated heterocycles. The average molecular weight is 274 g/mol. The predicted octanol–water partition coefficient (Wildman–Crippen LogP) is 0.0909. The lowest BCUT2D eigenvalue weighted by atomic mass is 10.1. The molecule has 3 N–H and O–H groups in total. The lowest BCUT2D eigenvalue weighted by molar-refractivity contribution is -0.119. The highest BCUT2D eigenvalue weighted by molar-refractivity contribution is 5.75. The Labute approximate surface area is 116 Å². The van der Waals surface area contributed by atoms with Crippen LogP contribution in [0.1, 0.15) is 12.8 Å². The van der Waals surface area contributed by atoms with Gasteiger partial charge in [0.25, 0.3) is 0 Å². The van der Waals surface area contributed by atoms with E-state index in [1.807, 2.05) is 24.4 Å². The van der Waals surface area contributed by atoms with Gasteiger partial charge in [-0.05, 0) is 25.0 Å². The molecule has 20 heavy (non-hydrogen) atoms. The van der Waals surface area contributed by atoms with Crippen molar-refractivity contribution in [3.05, 3.63) is 24.4 Å². The first-order valence-corrected chi connectivity index (χ1v) is 6.79. The first kappa shape index (κ1) is 12.9. The van der Waals surface area contributed by atoms with Crippen molar-refractivity contribution in [2.45, 2.75) is 18.9 Å². The molecule has 106 valence electrons. The summed E-state index contributed by atoms with van der Waals surface area (Å²) in [6.45, 7) is 2.08. The monoisotopic (exact) mass is 274 g/mol. The van der Waals surface area contributed by atoms with Crippen molar-refractivity contribution in [3.63, 3.8) is 0 Å². The smallest absolute Gasteiger partial charge is 0.243 e. The van der Waals surface area contributed by atoms with Gasteiger partial charge in [0.05, 0.1) is 6.54 Å². The number of nitrogens with one attached hydrogen (secondary N) is 1. The topological polar surface area (TPSA) is 88.5 Å². The summed E-state index contributed by atoms with van der Waals surface area (Å²) in [5.74, 6) is 0.392. The SMILES string of the molecule is NC(=O)CN1CCC(Nc2nc3ccccn3n2)CC1. The van der Waals surface area contributed by atoms with E-state index in [0.29, 0.717) is 18.5 Å². The number of likely N-dealkylation sites (tertiary alicyclic amines) is 1. The van der Waals surface area contributed by atoms with E-state index >= 15 is 0 Å². The maximum Gasteiger partial charge on any atom is 0.243 e. The molecule has 2 aromatic rings. The van der Waals surface area contributed by atoms with E-state index in [0.717, 1.165) is 31.6 Å². The Morgan fingerprint density at radius 1 is 1.40 bits per heavy atom. The highest BCUT2D eigenvalue weighted by Crippen LogP contribution is 2.14. The molecule has 0 radical (unpaired) electrons. The molecule has 0 saturated carbocycles. The minimum absolute atomic E-state index is 0.265. The summed E-state index contributed by atoms with van der Waals surface area (Å²) in [4.78, 5) is 17.4. The molecule has 0 unspecified atom stereocenters. The third kappa shape index (κ3) is 2.88. The molecule has 7 heteroatoms. The van der Waals surface area contributed by atoms with Crippen LogP contribution in [0, 0.1) is 0 Å². The van der Waals surface area contributed by atoms with E-state index in [4.69, 9.17) is 5.73 Å². The fraction of sp³-hybridized carbons (Fsp3) is 0.462. The molecule has 1 fully saturated rings. The highest BCUT2D eigenvalue weighted by Gasteiger charge is 2.20. The maximum absolute atomic E-state index is 10.9. The summed E-state index contributed by atoms with van der Waals surface area (Å²) in [5, 5.41) is 7.74. The number of anilines is 1. The number of pyridine rings is 1. The van der Waals surface area contributed by atoms with Crippen LogP contribution in [0.5, 0.6) is 0 Å². The largest absolute Gasteiger partial charge is 0.369 e. The molecule has 2 aromatic heterocycles. The van der Waals surface area contributed by atoms with Gasteiger partial charge in [0.15, 0.2) is 5.65 Å². The number of rotatable bonds is 4. The standard InChI is InChI=1S/C13H18N6O/c14-11(20)9-18-7-4-10(5-8-18)15-13-16-12-3-1-2-6-19(12)17-13/h1-3,6,10H,4-5,7-9H2,(H2,14,20)(H,15,17). The zero-order valence-electron chi connectivity index (χ0n) is 11.2. The third-order valence-corrected chi connectivity index (χ3v) is 3.54. The van der Waals surface area contributed by atoms with Crippen molar-refractivity contribution in [2.75, 3.05) is 25.0 Å². The van der Waals surface area contributed by atoms with Crippen LogP contribution >= 0.6 is 0 Å². The lowest BCUT2D eigenvalue weighted by Crippen LogP contribution is -2.43. The van der Waals surface area contributed by atoms with E-state index in [1.54, 1.807) is 4.52 Å². The number of piperidine rings is 1. The Morgan fingerprint density at radius 3 is 2.90 bits per heavy atom. The van der Waals surface area contributed by atoms with Crippen LogP contribution in [0.2, 0.25) is 0 Å². The van der Waals surface area contributed by atoms with Crippen LogP contribution in [0.3, 0.4) is 0 Å². The van der Waals surface area contributed by atoms with Crippen LogP contribution in [-0.2, 0) is 4.79 Å². The van der Waals surface area contributed by atoms with Crippen LogP contribution in [-0.4, -0.2) is 51.1 Å². The Balaban J connectivity index is 1.58. The van der Waals surface area contributed by atoms with E-state index in [1.165, 1.54) is 0 Å². The molecular formula is C13H18N6O. The number of amides is 1. The number of nitrogens with zero attached hydrogens (tertiary/aromatic N) is 4. The predicted molar refractivity (Wildman–Crippen MR) is 75.3 cm³/mol. The molecule has 0 atom stereocenters. The number of carbonyl (C=O) groups excluding carboxylic acids is 1. The van der Waals surface area contributed by atoms with Gasteiger partial charge < -0.3 is 11.1 Å². The van der Waals surface area contributed by atoms with Crippen molar-refractivity contribution in [3.8, 4) is 0 Å². The average Bonchev–Trinajstić information content (AvgIpc) is 2.82. The van der Waals surface area contributed by atoms with Crippen LogP contribution < -0.4 is 11.1 Å². The maximum atomic E-state index is 10.9. The first-order valence-electron chi connectivity index (χ1n) is 6.79. The third-order valence-electron chi connectivity index (χ3n) is 3.54.